The fraction of sp³-hybridized carbons (Fsp3) is 0.595. The van der Waals surface area contributed by atoms with E-state index in [-0.39, 0.29) is 0 Å². The molecule has 580 valence electrons. The van der Waals surface area contributed by atoms with Crippen LogP contribution in [0.15, 0.2) is 134 Å². The van der Waals surface area contributed by atoms with Crippen LogP contribution in [0.3, 0.4) is 0 Å². The molecule has 16 nitrogen and oxygen atoms in total. The topological polar surface area (TPSA) is 189 Å². The van der Waals surface area contributed by atoms with Crippen molar-refractivity contribution in [1.82, 2.24) is 60.3 Å². The van der Waals surface area contributed by atoms with Gasteiger partial charge in [0, 0.05) is 147 Å². The number of halogens is 6. The number of rotatable bonds is 33. The number of nitrogens with zero attached hydrogens (tertiary/aromatic N) is 9. The Balaban J connectivity index is 0.000000170. The van der Waals surface area contributed by atoms with E-state index >= 15 is 0 Å². The number of carbonyl (C=O) groups excluding carboxylic acids is 1. The standard InChI is InChI=1S/C32H49N5O.2C26H36F3N5/c1-26-10-9-17-35-31(26)25-37(19-8-7-16-33)24-30-23-36(21-18-34-30)20-15-29(27-11-3-2-4-12-27)22-32(38)28-13-5-6-14-28;2*27-26(28,29)22-10-8-20(9-11-22)17-33-16-14-31-23(18-33)19-34(15-2-1-12-30)24-7-3-5-21-6-4-13-32-25(21)24/h2-4,9-12,17,28-30,34H,5-8,13-16,18-25,33H2,1H3;2*4,6,8-11,13,23-24,31H,1-3,5,7,12,14-19,30H2/t29-,30+;23-,24+;23-,24-/m110/s1. The second kappa shape index (κ2) is 42.7. The van der Waals surface area contributed by atoms with Crippen molar-refractivity contribution in [3.8, 4) is 0 Å². The average Bonchev–Trinajstić information content (AvgIpc) is 0.952. The maximum absolute atomic E-state index is 13.1. The van der Waals surface area contributed by atoms with Gasteiger partial charge in [-0.3, -0.25) is 44.2 Å². The first-order chi connectivity index (χ1) is 51.5. The molecule has 0 bridgehead atoms. The Labute approximate surface area is 627 Å². The molecule has 106 heavy (non-hydrogen) atoms. The third-order valence-corrected chi connectivity index (χ3v) is 22.5. The molecule has 0 unspecified atom stereocenters. The molecule has 3 saturated heterocycles. The van der Waals surface area contributed by atoms with Gasteiger partial charge in [0.25, 0.3) is 0 Å². The number of ketones is 1. The summed E-state index contributed by atoms with van der Waals surface area (Å²) in [6, 6.07) is 36.2. The summed E-state index contributed by atoms with van der Waals surface area (Å²) in [5, 5.41) is 11.1. The van der Waals surface area contributed by atoms with Gasteiger partial charge in [-0.2, -0.15) is 26.3 Å². The van der Waals surface area contributed by atoms with Crippen LogP contribution in [-0.2, 0) is 49.6 Å². The van der Waals surface area contributed by atoms with Crippen molar-refractivity contribution in [2.24, 2.45) is 23.1 Å². The second-order valence-corrected chi connectivity index (χ2v) is 30.6. The Bertz CT molecular complexity index is 3340. The van der Waals surface area contributed by atoms with Crippen LogP contribution in [0.2, 0.25) is 0 Å². The molecule has 3 aromatic carbocycles. The van der Waals surface area contributed by atoms with Gasteiger partial charge >= 0.3 is 12.4 Å². The molecule has 1 saturated carbocycles. The zero-order valence-corrected chi connectivity index (χ0v) is 63.0. The van der Waals surface area contributed by atoms with Crippen LogP contribution in [0.5, 0.6) is 0 Å². The van der Waals surface area contributed by atoms with Gasteiger partial charge < -0.3 is 38.1 Å². The fourth-order valence-electron chi connectivity index (χ4n) is 16.8. The SMILES string of the molecule is Cc1cccnc1CN(CCCCN)C[C@@H]1CN(CC[C@H](CC(=O)C2CCCC2)c2ccccc2)CCN1.NCCCCN(C[C@@H]1CN(Cc2ccc(C(F)(F)F)cc2)CCN1)[C@H]1CCCc2cccnc21.NCCCCN(C[C@H]1CN(Cc2ccc(C(F)(F)F)cc2)CCN1)[C@H]1CCCc2cccnc21. The number of nitrogens with two attached hydrogens (primary N) is 3. The lowest BCUT2D eigenvalue weighted by Crippen LogP contribution is -2.55. The number of aryl methyl sites for hydroxylation is 3. The van der Waals surface area contributed by atoms with Gasteiger partial charge in [-0.15, -0.1) is 0 Å². The van der Waals surface area contributed by atoms with E-state index < -0.39 is 23.5 Å². The number of Topliss-reactive ketones (excluding diaryl/α,β-unsaturated/α-hetero) is 1. The van der Waals surface area contributed by atoms with Gasteiger partial charge in [0.2, 0.25) is 0 Å². The number of alkyl halides is 6. The Morgan fingerprint density at radius 2 is 0.991 bits per heavy atom. The Morgan fingerprint density at radius 3 is 1.48 bits per heavy atom. The van der Waals surface area contributed by atoms with Crippen LogP contribution in [0.4, 0.5) is 26.3 Å². The largest absolute Gasteiger partial charge is 0.416 e. The van der Waals surface area contributed by atoms with Crippen molar-refractivity contribution < 1.29 is 31.1 Å². The lowest BCUT2D eigenvalue weighted by molar-refractivity contribution is -0.138. The van der Waals surface area contributed by atoms with Crippen LogP contribution in [0, 0.1) is 12.8 Å². The van der Waals surface area contributed by atoms with E-state index in [1.54, 1.807) is 24.3 Å². The van der Waals surface area contributed by atoms with Crippen molar-refractivity contribution >= 4 is 5.78 Å². The maximum Gasteiger partial charge on any atom is 0.416 e. The molecule has 6 aliphatic rings. The zero-order chi connectivity index (χ0) is 74.5. The summed E-state index contributed by atoms with van der Waals surface area (Å²) in [6.45, 7) is 21.9. The van der Waals surface area contributed by atoms with Crippen LogP contribution in [-0.4, -0.2) is 193 Å². The Kier molecular flexibility index (Phi) is 33.2. The molecule has 3 aliphatic heterocycles. The van der Waals surface area contributed by atoms with Crippen LogP contribution >= 0.6 is 0 Å². The number of pyridine rings is 3. The minimum atomic E-state index is -4.29. The van der Waals surface area contributed by atoms with E-state index in [2.05, 4.69) is 106 Å². The first-order valence-corrected chi connectivity index (χ1v) is 39.9. The quantitative estimate of drug-likeness (QED) is 0.0168. The third-order valence-electron chi connectivity index (χ3n) is 22.5. The molecule has 4 fully saturated rings. The lowest BCUT2D eigenvalue weighted by atomic mass is 9.86. The number of hydrogen-bond donors (Lipinski definition) is 6. The number of nitrogens with one attached hydrogen (secondary N) is 3. The van der Waals surface area contributed by atoms with Gasteiger partial charge in [0.05, 0.1) is 40.3 Å². The summed E-state index contributed by atoms with van der Waals surface area (Å²) >= 11 is 0. The van der Waals surface area contributed by atoms with Gasteiger partial charge in [-0.05, 0) is 231 Å². The van der Waals surface area contributed by atoms with Crippen molar-refractivity contribution in [1.29, 1.82) is 0 Å². The molecule has 22 heteroatoms. The molecule has 3 aromatic heterocycles. The second-order valence-electron chi connectivity index (χ2n) is 30.6. The molecule has 6 heterocycles. The average molecular weight is 1470 g/mol. The molecule has 0 spiro atoms. The van der Waals surface area contributed by atoms with Crippen molar-refractivity contribution in [2.75, 3.05) is 124 Å². The number of fused-ring (bicyclic) bond motifs is 2. The molecule has 9 N–H and O–H groups in total. The molecule has 6 aromatic rings. The summed E-state index contributed by atoms with van der Waals surface area (Å²) in [5.74, 6) is 1.11. The highest BCUT2D eigenvalue weighted by Crippen LogP contribution is 2.37. The highest BCUT2D eigenvalue weighted by molar-refractivity contribution is 5.82. The molecule has 6 atom stereocenters. The number of aromatic nitrogens is 3. The van der Waals surface area contributed by atoms with Crippen LogP contribution in [0.1, 0.15) is 182 Å². The minimum absolute atomic E-state index is 0.301. The van der Waals surface area contributed by atoms with Crippen molar-refractivity contribution in [3.63, 3.8) is 0 Å². The summed E-state index contributed by atoms with van der Waals surface area (Å²) in [7, 11) is 0. The van der Waals surface area contributed by atoms with Gasteiger partial charge in [0.15, 0.2) is 0 Å². The maximum atomic E-state index is 13.1. The minimum Gasteiger partial charge on any atom is -0.330 e. The fourth-order valence-corrected chi connectivity index (χ4v) is 16.8. The number of benzene rings is 3. The molecule has 0 amide bonds. The zero-order valence-electron chi connectivity index (χ0n) is 63.0. The van der Waals surface area contributed by atoms with Gasteiger partial charge in [0.1, 0.15) is 5.78 Å². The normalized spacial score (nSPS) is 20.9. The summed E-state index contributed by atoms with van der Waals surface area (Å²) in [6.07, 6.45) is 16.6. The lowest BCUT2D eigenvalue weighted by Gasteiger charge is -2.40. The van der Waals surface area contributed by atoms with Crippen LogP contribution in [0.25, 0.3) is 0 Å². The highest BCUT2D eigenvalue weighted by atomic mass is 19.4. The summed E-state index contributed by atoms with van der Waals surface area (Å²) < 4.78 is 77.2. The van der Waals surface area contributed by atoms with Gasteiger partial charge in [-0.25, -0.2) is 0 Å². The molecule has 0 radical (unpaired) electrons. The van der Waals surface area contributed by atoms with E-state index in [0.717, 1.165) is 212 Å². The third kappa shape index (κ3) is 26.0. The number of unbranched alkanes of at least 4 members (excludes halogenated alkanes) is 3. The first-order valence-electron chi connectivity index (χ1n) is 39.9. The Morgan fingerprint density at radius 1 is 0.528 bits per heavy atom. The van der Waals surface area contributed by atoms with Crippen molar-refractivity contribution in [3.05, 3.63) is 195 Å². The number of hydrogen-bond acceptors (Lipinski definition) is 16. The smallest absolute Gasteiger partial charge is 0.330 e. The highest BCUT2D eigenvalue weighted by Gasteiger charge is 2.36. The predicted molar refractivity (Wildman–Crippen MR) is 413 cm³/mol. The van der Waals surface area contributed by atoms with E-state index in [4.69, 9.17) is 27.2 Å². The molecule has 12 rings (SSSR count). The van der Waals surface area contributed by atoms with Gasteiger partial charge in [-0.1, -0.05) is 85.6 Å². The first kappa shape index (κ1) is 82.4. The summed E-state index contributed by atoms with van der Waals surface area (Å²) in [5.41, 5.74) is 26.9. The van der Waals surface area contributed by atoms with E-state index in [1.165, 1.54) is 89.3 Å². The molecular weight excluding hydrogens is 1350 g/mol. The Hall–Kier alpha value is -6.12. The molecule has 3 aliphatic carbocycles. The van der Waals surface area contributed by atoms with E-state index in [9.17, 15) is 31.1 Å². The molecular formula is C84H121F6N15O. The summed E-state index contributed by atoms with van der Waals surface area (Å²) in [4.78, 5) is 42.3. The number of piperazine rings is 3. The predicted octanol–water partition coefficient (Wildman–Crippen LogP) is 12.5. The van der Waals surface area contributed by atoms with E-state index in [0.29, 0.717) is 80.4 Å². The van der Waals surface area contributed by atoms with E-state index in [1.807, 2.05) is 36.8 Å². The van der Waals surface area contributed by atoms with Crippen LogP contribution < -0.4 is 33.2 Å². The number of carbonyl (C=O) groups is 1. The monoisotopic (exact) mass is 1470 g/mol. The van der Waals surface area contributed by atoms with Crippen molar-refractivity contribution in [2.45, 2.75) is 191 Å².